The second-order valence-electron chi connectivity index (χ2n) is 4.63. The summed E-state index contributed by atoms with van der Waals surface area (Å²) in [6, 6.07) is 3.15. The molecule has 0 saturated heterocycles. The van der Waals surface area contributed by atoms with Crippen LogP contribution in [0.25, 0.3) is 0 Å². The van der Waals surface area contributed by atoms with Crippen molar-refractivity contribution in [2.24, 2.45) is 0 Å². The quantitative estimate of drug-likeness (QED) is 0.585. The molecule has 0 amide bonds. The Kier molecular flexibility index (Phi) is 6.65. The van der Waals surface area contributed by atoms with Crippen molar-refractivity contribution in [1.29, 1.82) is 0 Å². The van der Waals surface area contributed by atoms with Crippen LogP contribution in [0, 0.1) is 11.6 Å². The van der Waals surface area contributed by atoms with Gasteiger partial charge in [-0.3, -0.25) is 0 Å². The van der Waals surface area contributed by atoms with Gasteiger partial charge in [0, 0.05) is 12.6 Å². The smallest absolute Gasteiger partial charge is 0.140 e. The molecule has 0 radical (unpaired) electrons. The van der Waals surface area contributed by atoms with Crippen LogP contribution in [0.5, 0.6) is 0 Å². The topological polar surface area (TPSA) is 12.0 Å². The molecule has 0 saturated carbocycles. The van der Waals surface area contributed by atoms with Crippen LogP contribution in [0.1, 0.15) is 39.2 Å². The summed E-state index contributed by atoms with van der Waals surface area (Å²) in [7, 11) is 0. The van der Waals surface area contributed by atoms with Crippen LogP contribution >= 0.6 is 11.8 Å². The second kappa shape index (κ2) is 7.74. The fraction of sp³-hybridized carbons (Fsp3) is 0.571. The van der Waals surface area contributed by atoms with E-state index in [1.54, 1.807) is 0 Å². The van der Waals surface area contributed by atoms with Crippen LogP contribution in [0.15, 0.2) is 17.0 Å². The van der Waals surface area contributed by atoms with Gasteiger partial charge in [-0.2, -0.15) is 0 Å². The zero-order chi connectivity index (χ0) is 13.5. The Morgan fingerprint density at radius 1 is 1.22 bits per heavy atom. The van der Waals surface area contributed by atoms with Gasteiger partial charge in [0.1, 0.15) is 11.6 Å². The molecule has 0 spiro atoms. The Balaban J connectivity index is 2.71. The van der Waals surface area contributed by atoms with Crippen molar-refractivity contribution in [3.63, 3.8) is 0 Å². The van der Waals surface area contributed by atoms with Crippen LogP contribution < -0.4 is 5.32 Å². The van der Waals surface area contributed by atoms with Crippen LogP contribution in [0.4, 0.5) is 8.78 Å². The minimum Gasteiger partial charge on any atom is -0.310 e. The first-order chi connectivity index (χ1) is 8.54. The van der Waals surface area contributed by atoms with Gasteiger partial charge in [-0.1, -0.05) is 27.2 Å². The molecule has 0 aromatic heterocycles. The largest absolute Gasteiger partial charge is 0.310 e. The Hall–Kier alpha value is -0.610. The van der Waals surface area contributed by atoms with E-state index in [0.29, 0.717) is 18.2 Å². The van der Waals surface area contributed by atoms with Gasteiger partial charge in [0.2, 0.25) is 0 Å². The van der Waals surface area contributed by atoms with Gasteiger partial charge in [-0.25, -0.2) is 8.78 Å². The summed E-state index contributed by atoms with van der Waals surface area (Å²) < 4.78 is 27.5. The molecule has 0 aliphatic rings. The van der Waals surface area contributed by atoms with Gasteiger partial charge in [0.15, 0.2) is 0 Å². The molecule has 1 aromatic carbocycles. The lowest BCUT2D eigenvalue weighted by Gasteiger charge is -2.10. The summed E-state index contributed by atoms with van der Waals surface area (Å²) in [6.45, 7) is 6.56. The molecule has 0 aliphatic carbocycles. The Labute approximate surface area is 112 Å². The van der Waals surface area contributed by atoms with Crippen LogP contribution in [0.2, 0.25) is 0 Å². The van der Waals surface area contributed by atoms with E-state index in [1.165, 1.54) is 23.9 Å². The van der Waals surface area contributed by atoms with Gasteiger partial charge < -0.3 is 5.32 Å². The number of hydrogen-bond donors (Lipinski definition) is 1. The van der Waals surface area contributed by atoms with Gasteiger partial charge in [-0.15, -0.1) is 11.8 Å². The minimum absolute atomic E-state index is 0.150. The fourth-order valence-corrected chi connectivity index (χ4v) is 2.52. The van der Waals surface area contributed by atoms with Crippen LogP contribution in [0.3, 0.4) is 0 Å². The summed E-state index contributed by atoms with van der Waals surface area (Å²) in [5.41, 5.74) is 0.651. The van der Waals surface area contributed by atoms with Gasteiger partial charge in [0.25, 0.3) is 0 Å². The van der Waals surface area contributed by atoms with Crippen molar-refractivity contribution in [3.05, 3.63) is 29.3 Å². The number of benzene rings is 1. The first-order valence-electron chi connectivity index (χ1n) is 6.38. The van der Waals surface area contributed by atoms with Crippen LogP contribution in [-0.4, -0.2) is 11.8 Å². The fourth-order valence-electron chi connectivity index (χ4n) is 1.49. The van der Waals surface area contributed by atoms with Crippen molar-refractivity contribution >= 4 is 11.8 Å². The van der Waals surface area contributed by atoms with E-state index in [4.69, 9.17) is 0 Å². The highest BCUT2D eigenvalue weighted by molar-refractivity contribution is 7.99. The van der Waals surface area contributed by atoms with E-state index in [9.17, 15) is 8.78 Å². The maximum Gasteiger partial charge on any atom is 0.140 e. The minimum atomic E-state index is -0.448. The predicted molar refractivity (Wildman–Crippen MR) is 74.0 cm³/mol. The number of thioether (sulfide) groups is 1. The van der Waals surface area contributed by atoms with E-state index in [1.807, 2.05) is 13.8 Å². The molecule has 0 unspecified atom stereocenters. The summed E-state index contributed by atoms with van der Waals surface area (Å²) in [5, 5.41) is 3.15. The second-order valence-corrected chi connectivity index (χ2v) is 5.73. The maximum atomic E-state index is 13.8. The van der Waals surface area contributed by atoms with Crippen molar-refractivity contribution in [2.75, 3.05) is 5.75 Å². The molecule has 4 heteroatoms. The average Bonchev–Trinajstić information content (AvgIpc) is 2.30. The highest BCUT2D eigenvalue weighted by atomic mass is 32.2. The molecule has 0 aliphatic heterocycles. The number of halogens is 2. The molecule has 1 N–H and O–H groups in total. The standard InChI is InChI=1S/C14H21F2NS/c1-4-5-6-18-14-12(15)7-11(8-13(14)16)9-17-10(2)3/h7-8,10,17H,4-6,9H2,1-3H3. The molecular weight excluding hydrogens is 252 g/mol. The first kappa shape index (κ1) is 15.4. The zero-order valence-corrected chi connectivity index (χ0v) is 12.0. The van der Waals surface area contributed by atoms with E-state index in [0.717, 1.165) is 18.6 Å². The SMILES string of the molecule is CCCCSc1c(F)cc(CNC(C)C)cc1F. The van der Waals surface area contributed by atoms with Gasteiger partial charge >= 0.3 is 0 Å². The zero-order valence-electron chi connectivity index (χ0n) is 11.2. The number of nitrogens with one attached hydrogen (secondary N) is 1. The Morgan fingerprint density at radius 3 is 2.33 bits per heavy atom. The lowest BCUT2D eigenvalue weighted by Crippen LogP contribution is -2.22. The predicted octanol–water partition coefficient (Wildman–Crippen LogP) is 4.36. The molecule has 0 bridgehead atoms. The molecule has 0 atom stereocenters. The van der Waals surface area contributed by atoms with Crippen molar-refractivity contribution < 1.29 is 8.78 Å². The third kappa shape index (κ3) is 4.94. The summed E-state index contributed by atoms with van der Waals surface area (Å²) in [6.07, 6.45) is 2.01. The molecule has 1 rings (SSSR count). The van der Waals surface area contributed by atoms with E-state index in [2.05, 4.69) is 12.2 Å². The lowest BCUT2D eigenvalue weighted by molar-refractivity contribution is 0.529. The molecule has 1 aromatic rings. The Morgan fingerprint density at radius 2 is 1.83 bits per heavy atom. The van der Waals surface area contributed by atoms with Crippen molar-refractivity contribution in [1.82, 2.24) is 5.32 Å². The molecule has 1 nitrogen and oxygen atoms in total. The molecular formula is C14H21F2NS. The monoisotopic (exact) mass is 273 g/mol. The number of hydrogen-bond acceptors (Lipinski definition) is 2. The molecule has 18 heavy (non-hydrogen) atoms. The third-order valence-electron chi connectivity index (χ3n) is 2.52. The lowest BCUT2D eigenvalue weighted by atomic mass is 10.2. The number of unbranched alkanes of at least 4 members (excludes halogenated alkanes) is 1. The van der Waals surface area contributed by atoms with E-state index < -0.39 is 11.6 Å². The Bertz CT molecular complexity index is 357. The van der Waals surface area contributed by atoms with Crippen molar-refractivity contribution in [2.45, 2.75) is 51.1 Å². The first-order valence-corrected chi connectivity index (χ1v) is 7.37. The highest BCUT2D eigenvalue weighted by Crippen LogP contribution is 2.27. The van der Waals surface area contributed by atoms with Gasteiger partial charge in [0.05, 0.1) is 4.90 Å². The summed E-state index contributed by atoms with van der Waals surface area (Å²) >= 11 is 1.26. The summed E-state index contributed by atoms with van der Waals surface area (Å²) in [5.74, 6) is -0.137. The molecule has 102 valence electrons. The van der Waals surface area contributed by atoms with E-state index in [-0.39, 0.29) is 4.90 Å². The van der Waals surface area contributed by atoms with Crippen LogP contribution in [-0.2, 0) is 6.54 Å². The third-order valence-corrected chi connectivity index (χ3v) is 3.69. The van der Waals surface area contributed by atoms with Crippen molar-refractivity contribution in [3.8, 4) is 0 Å². The normalized spacial score (nSPS) is 11.2. The molecule has 0 heterocycles. The molecule has 0 fully saturated rings. The van der Waals surface area contributed by atoms with Gasteiger partial charge in [-0.05, 0) is 29.9 Å². The number of rotatable bonds is 7. The maximum absolute atomic E-state index is 13.8. The highest BCUT2D eigenvalue weighted by Gasteiger charge is 2.11. The average molecular weight is 273 g/mol. The summed E-state index contributed by atoms with van der Waals surface area (Å²) in [4.78, 5) is 0.150. The van der Waals surface area contributed by atoms with E-state index >= 15 is 0 Å².